The summed E-state index contributed by atoms with van der Waals surface area (Å²) in [6.45, 7) is 1.44. The van der Waals surface area contributed by atoms with Crippen molar-refractivity contribution in [1.82, 2.24) is 0 Å². The normalized spacial score (nSPS) is 35.5. The van der Waals surface area contributed by atoms with Crippen LogP contribution in [0.1, 0.15) is 14.7 Å². The predicted molar refractivity (Wildman–Crippen MR) is 88.7 cm³/mol. The molecule has 2 aliphatic heterocycles. The minimum absolute atomic E-state index is 0. The van der Waals surface area contributed by atoms with Crippen molar-refractivity contribution < 1.29 is 119 Å². The van der Waals surface area contributed by atoms with Crippen LogP contribution in [0.4, 0.5) is 0 Å². The number of aliphatic hydroxyl groups is 2. The van der Waals surface area contributed by atoms with E-state index in [1.807, 2.05) is 19.1 Å². The van der Waals surface area contributed by atoms with Crippen molar-refractivity contribution in [2.75, 3.05) is 26.4 Å². The van der Waals surface area contributed by atoms with Crippen LogP contribution in [0.3, 0.4) is 0 Å². The molecular weight excluding hydrogens is 832 g/mol. The molecule has 0 saturated carbocycles. The van der Waals surface area contributed by atoms with Crippen LogP contribution in [-0.4, -0.2) is 67.1 Å². The molecule has 2 N–H and O–H groups in total. The third-order valence-electron chi connectivity index (χ3n) is 3.77. The number of hydrogen-bond acceptors (Lipinski definition) is 9. The van der Waals surface area contributed by atoms with Gasteiger partial charge in [0.2, 0.25) is 0 Å². The Labute approximate surface area is 226 Å². The Hall–Kier alpha value is 1.88. The Morgan fingerprint density at radius 3 is 2.79 bits per heavy atom. The van der Waals surface area contributed by atoms with Gasteiger partial charge in [-0.15, -0.1) is 0 Å². The van der Waals surface area contributed by atoms with Crippen LogP contribution in [-0.2, 0) is 27.8 Å². The number of aliphatic hydroxyl groups excluding tert-OH is 2. The second-order valence-corrected chi connectivity index (χ2v) is 7.07. The second kappa shape index (κ2) is 15.6. The zero-order chi connectivity index (χ0) is 19.9. The van der Waals surface area contributed by atoms with Crippen molar-refractivity contribution in [2.45, 2.75) is 43.9 Å². The fourth-order valence-corrected chi connectivity index (χ4v) is 3.32. The summed E-state index contributed by atoms with van der Waals surface area (Å²) < 4.78 is 45.1. The van der Waals surface area contributed by atoms with E-state index in [1.165, 1.54) is 6.61 Å². The van der Waals surface area contributed by atoms with Crippen LogP contribution >= 0.6 is 7.82 Å². The maximum Gasteiger partial charge on any atom is 0.268 e. The number of hydrogen-bond donors (Lipinski definition) is 2. The Bertz CT molecular complexity index is 571. The average molecular weight is 859 g/mol. The molecule has 0 aromatic heterocycles. The summed E-state index contributed by atoms with van der Waals surface area (Å²) in [7, 11) is -4.80. The Morgan fingerprint density at radius 2 is 2.18 bits per heavy atom. The molecule has 2 fully saturated rings. The van der Waals surface area contributed by atoms with Crippen molar-refractivity contribution in [3.63, 3.8) is 0 Å². The van der Waals surface area contributed by atoms with E-state index in [1.54, 1.807) is 12.2 Å². The van der Waals surface area contributed by atoms with Gasteiger partial charge >= 0.3 is 0 Å². The molecular formula is C16H25AcO9PU-2. The van der Waals surface area contributed by atoms with Gasteiger partial charge in [-0.3, -0.25) is 4.57 Å². The van der Waals surface area contributed by atoms with Gasteiger partial charge in [-0.05, 0) is 19.4 Å². The number of allylic oxidation sites excluding steroid dienone is 3. The van der Waals surface area contributed by atoms with Gasteiger partial charge in [0.25, 0.3) is 7.82 Å². The molecule has 0 amide bonds. The van der Waals surface area contributed by atoms with E-state index in [0.717, 1.165) is 0 Å². The SMILES string of the molecule is [3H]C1C[C@@H](O)[C@@H](COP(=O)([O-])O[C@@H]2C(OC/C=C/C=C/C)[CH-]O[C@@H]2CO)O1.[Ac].[U]. The summed E-state index contributed by atoms with van der Waals surface area (Å²) >= 11 is 0. The van der Waals surface area contributed by atoms with Crippen molar-refractivity contribution in [3.8, 4) is 0 Å². The smallest absolute Gasteiger partial charge is 0.268 e. The summed E-state index contributed by atoms with van der Waals surface area (Å²) in [4.78, 5) is 12.1. The maximum atomic E-state index is 12.1. The van der Waals surface area contributed by atoms with Gasteiger partial charge in [0, 0.05) is 81.8 Å². The van der Waals surface area contributed by atoms with Gasteiger partial charge < -0.3 is 38.4 Å². The van der Waals surface area contributed by atoms with Crippen LogP contribution in [0.25, 0.3) is 0 Å². The quantitative estimate of drug-likeness (QED) is 0.179. The molecule has 3 unspecified atom stereocenters. The zero-order valence-electron chi connectivity index (χ0n) is 16.5. The molecule has 157 valence electrons. The molecule has 0 aromatic carbocycles. The van der Waals surface area contributed by atoms with Crippen molar-refractivity contribution in [3.05, 3.63) is 30.9 Å². The van der Waals surface area contributed by atoms with Crippen LogP contribution < -0.4 is 4.89 Å². The molecule has 12 heteroatoms. The summed E-state index contributed by atoms with van der Waals surface area (Å²) in [5.41, 5.74) is 0. The van der Waals surface area contributed by atoms with E-state index in [4.69, 9.17) is 24.6 Å². The molecule has 28 heavy (non-hydrogen) atoms. The van der Waals surface area contributed by atoms with E-state index in [0.29, 0.717) is 0 Å². The van der Waals surface area contributed by atoms with Gasteiger partial charge in [-0.2, -0.15) is 6.61 Å². The van der Waals surface area contributed by atoms with E-state index in [9.17, 15) is 19.7 Å². The molecule has 2 aliphatic rings. The zero-order valence-corrected chi connectivity index (χ0v) is 25.3. The summed E-state index contributed by atoms with van der Waals surface area (Å²) in [5, 5.41) is 19.0. The number of rotatable bonds is 10. The first-order valence-corrected chi connectivity index (χ1v) is 9.71. The Balaban J connectivity index is 0.00000392. The van der Waals surface area contributed by atoms with E-state index < -0.39 is 58.1 Å². The minimum Gasteiger partial charge on any atom is -0.756 e. The van der Waals surface area contributed by atoms with Crippen molar-refractivity contribution in [2.24, 2.45) is 0 Å². The molecule has 0 aliphatic carbocycles. The first-order valence-electron chi connectivity index (χ1n) is 8.83. The summed E-state index contributed by atoms with van der Waals surface area (Å²) in [6, 6.07) is 0. The molecule has 2 rings (SSSR count). The standard InChI is InChI=1S/C16H26O9P.Ac.U/c1-2-3-4-5-7-21-15-10-23-13(9-17)16(15)25-26(19,20)24-11-14-12(18)6-8-22-14;;/h2-5,10,12-18H,6-9,11H2,1H3,(H,19,20);;/q-1;;/p-1/b3-2+,5-4+;;/t12-,13-,14-,15?,16+;;/m1../s1/i8T;;/t8?,12-,13-,14-,15?,16+;;. The van der Waals surface area contributed by atoms with Gasteiger partial charge in [-0.1, -0.05) is 24.3 Å². The molecule has 0 bridgehead atoms. The van der Waals surface area contributed by atoms with Crippen LogP contribution in [0.2, 0.25) is 0 Å². The van der Waals surface area contributed by atoms with Gasteiger partial charge in [0.1, 0.15) is 6.10 Å². The van der Waals surface area contributed by atoms with E-state index in [2.05, 4.69) is 0 Å². The summed E-state index contributed by atoms with van der Waals surface area (Å²) in [5.74, 6) is 0. The Morgan fingerprint density at radius 1 is 1.43 bits per heavy atom. The average Bonchev–Trinajstić information content (AvgIpc) is 3.14. The van der Waals surface area contributed by atoms with E-state index in [-0.39, 0.29) is 88.2 Å². The molecule has 7 atom stereocenters. The second-order valence-electron chi connectivity index (χ2n) is 5.70. The van der Waals surface area contributed by atoms with Crippen molar-refractivity contribution >= 4 is 7.82 Å². The third-order valence-corrected chi connectivity index (χ3v) is 4.73. The van der Waals surface area contributed by atoms with Crippen LogP contribution in [0, 0.1) is 81.8 Å². The number of phosphoric ester groups is 1. The molecule has 0 spiro atoms. The van der Waals surface area contributed by atoms with Gasteiger partial charge in [0.05, 0.1) is 39.5 Å². The monoisotopic (exact) mass is 859 g/mol. The summed E-state index contributed by atoms with van der Waals surface area (Å²) in [6.07, 6.45) is 2.43. The largest absolute Gasteiger partial charge is 0.756 e. The van der Waals surface area contributed by atoms with Crippen LogP contribution in [0.15, 0.2) is 24.3 Å². The fourth-order valence-electron chi connectivity index (χ4n) is 2.38. The van der Waals surface area contributed by atoms with E-state index >= 15 is 0 Å². The molecule has 9 nitrogen and oxygen atoms in total. The first-order chi connectivity index (χ1) is 12.9. The van der Waals surface area contributed by atoms with Gasteiger partial charge in [0.15, 0.2) is 0 Å². The maximum absolute atomic E-state index is 12.1. The van der Waals surface area contributed by atoms with Gasteiger partial charge in [-0.25, -0.2) is 0 Å². The van der Waals surface area contributed by atoms with Crippen molar-refractivity contribution in [1.29, 1.82) is 0 Å². The molecule has 2 heterocycles. The molecule has 0 aromatic rings. The van der Waals surface area contributed by atoms with Crippen LogP contribution in [0.5, 0.6) is 0 Å². The topological polar surface area (TPSA) is 127 Å². The fraction of sp³-hybridized carbons (Fsp3) is 0.688. The molecule has 1 radical (unpaired) electrons. The number of ether oxygens (including phenoxy) is 3. The minimum atomic E-state index is -4.80. The predicted octanol–water partition coefficient (Wildman–Crippen LogP) is 0.0768. The molecule has 2 saturated heterocycles. The third kappa shape index (κ3) is 10.0. The number of phosphoric acid groups is 1. The first kappa shape index (κ1) is 27.9. The Kier molecular flexibility index (Phi) is 15.6.